The summed E-state index contributed by atoms with van der Waals surface area (Å²) < 4.78 is 3.79. The van der Waals surface area contributed by atoms with Gasteiger partial charge in [-0.2, -0.15) is 0 Å². The second-order valence-electron chi connectivity index (χ2n) is 3.62. The summed E-state index contributed by atoms with van der Waals surface area (Å²) in [6.45, 7) is 2.77. The van der Waals surface area contributed by atoms with E-state index in [-0.39, 0.29) is 6.04 Å². The fraction of sp³-hybridized carbons (Fsp3) is 0.273. The molecule has 0 bridgehead atoms. The molecule has 6 heteroatoms. The molecule has 1 aromatic heterocycles. The lowest BCUT2D eigenvalue weighted by atomic mass is 10.1. The van der Waals surface area contributed by atoms with Crippen LogP contribution in [-0.4, -0.2) is 15.0 Å². The maximum atomic E-state index is 6.26. The monoisotopic (exact) mass is 358 g/mol. The van der Waals surface area contributed by atoms with Crippen LogP contribution in [0.5, 0.6) is 0 Å². The number of nitrogens with zero attached hydrogens (tertiary/aromatic N) is 3. The van der Waals surface area contributed by atoms with E-state index < -0.39 is 0 Å². The Morgan fingerprint density at radius 2 is 2.18 bits per heavy atom. The summed E-state index contributed by atoms with van der Waals surface area (Å²) in [5.74, 6) is 0. The zero-order valence-electron chi connectivity index (χ0n) is 9.27. The first-order valence-corrected chi connectivity index (χ1v) is 6.81. The van der Waals surface area contributed by atoms with Crippen LogP contribution < -0.4 is 5.73 Å². The fourth-order valence-corrected chi connectivity index (χ4v) is 2.54. The molecular weight excluding hydrogens is 348 g/mol. The smallest absolute Gasteiger partial charge is 0.0800 e. The molecule has 0 amide bonds. The van der Waals surface area contributed by atoms with E-state index >= 15 is 0 Å². The molecule has 2 N–H and O–H groups in total. The molecule has 17 heavy (non-hydrogen) atoms. The van der Waals surface area contributed by atoms with Gasteiger partial charge < -0.3 is 5.73 Å². The van der Waals surface area contributed by atoms with E-state index in [1.807, 2.05) is 25.1 Å². The van der Waals surface area contributed by atoms with Crippen molar-refractivity contribution in [2.24, 2.45) is 5.73 Å². The molecule has 0 spiro atoms. The minimum Gasteiger partial charge on any atom is -0.319 e. The zero-order valence-corrected chi connectivity index (χ0v) is 12.4. The quantitative estimate of drug-likeness (QED) is 0.916. The van der Waals surface area contributed by atoms with Crippen LogP contribution in [0.4, 0.5) is 0 Å². The number of rotatable bonds is 3. The first kappa shape index (κ1) is 12.7. The summed E-state index contributed by atoms with van der Waals surface area (Å²) in [6.07, 6.45) is 1.71. The molecule has 1 unspecified atom stereocenters. The zero-order chi connectivity index (χ0) is 12.4. The van der Waals surface area contributed by atoms with Crippen molar-refractivity contribution < 1.29 is 0 Å². The van der Waals surface area contributed by atoms with Gasteiger partial charge in [0.1, 0.15) is 0 Å². The molecule has 1 atom stereocenters. The summed E-state index contributed by atoms with van der Waals surface area (Å²) in [4.78, 5) is 0. The van der Waals surface area contributed by atoms with Gasteiger partial charge >= 0.3 is 0 Å². The van der Waals surface area contributed by atoms with Gasteiger partial charge in [-0.1, -0.05) is 37.1 Å². The lowest BCUT2D eigenvalue weighted by Crippen LogP contribution is -2.17. The summed E-state index contributed by atoms with van der Waals surface area (Å²) >= 11 is 6.96. The van der Waals surface area contributed by atoms with Gasteiger partial charge in [-0.05, 0) is 30.7 Å². The van der Waals surface area contributed by atoms with Gasteiger partial charge in [0.25, 0.3) is 0 Å². The molecule has 1 aromatic carbocycles. The third-order valence-corrected chi connectivity index (χ3v) is 3.77. The van der Waals surface area contributed by atoms with Gasteiger partial charge in [0, 0.05) is 15.5 Å². The van der Waals surface area contributed by atoms with Crippen LogP contribution >= 0.6 is 31.9 Å². The Morgan fingerprint density at radius 1 is 1.41 bits per heavy atom. The predicted molar refractivity (Wildman–Crippen MR) is 73.6 cm³/mol. The van der Waals surface area contributed by atoms with Crippen molar-refractivity contribution >= 4 is 31.9 Å². The minimum atomic E-state index is -0.239. The van der Waals surface area contributed by atoms with Gasteiger partial charge in [0.2, 0.25) is 0 Å². The lowest BCUT2D eigenvalue weighted by molar-refractivity contribution is 0.581. The molecule has 0 fully saturated rings. The van der Waals surface area contributed by atoms with Gasteiger partial charge in [-0.3, -0.25) is 0 Å². The highest BCUT2D eigenvalue weighted by molar-refractivity contribution is 9.11. The Kier molecular flexibility index (Phi) is 3.96. The summed E-state index contributed by atoms with van der Waals surface area (Å²) in [5, 5.41) is 7.89. The van der Waals surface area contributed by atoms with Crippen LogP contribution in [0.1, 0.15) is 24.2 Å². The number of hydrogen-bond donors (Lipinski definition) is 1. The molecule has 0 aliphatic rings. The van der Waals surface area contributed by atoms with Gasteiger partial charge in [0.05, 0.1) is 17.9 Å². The van der Waals surface area contributed by atoms with E-state index in [4.69, 9.17) is 5.73 Å². The first-order chi connectivity index (χ1) is 8.13. The van der Waals surface area contributed by atoms with Gasteiger partial charge in [-0.25, -0.2) is 4.68 Å². The number of hydrogen-bond acceptors (Lipinski definition) is 3. The molecule has 2 rings (SSSR count). The van der Waals surface area contributed by atoms with Crippen LogP contribution in [0.2, 0.25) is 0 Å². The Bertz CT molecular complexity index is 524. The molecule has 0 aliphatic heterocycles. The minimum absolute atomic E-state index is 0.239. The van der Waals surface area contributed by atoms with E-state index in [0.717, 1.165) is 26.7 Å². The second kappa shape index (κ2) is 5.29. The molecule has 0 aliphatic carbocycles. The van der Waals surface area contributed by atoms with Crippen molar-refractivity contribution in [3.05, 3.63) is 44.6 Å². The molecule has 0 radical (unpaired) electrons. The standard InChI is InChI=1S/C11H12Br2N4/c1-2-17-10(6-15-16-17)11(14)8-5-7(12)3-4-9(8)13/h3-6,11H,2,14H2,1H3. The van der Waals surface area contributed by atoms with Crippen LogP contribution in [0.15, 0.2) is 33.3 Å². The average molecular weight is 360 g/mol. The van der Waals surface area contributed by atoms with Crippen molar-refractivity contribution in [2.45, 2.75) is 19.5 Å². The third kappa shape index (κ3) is 2.59. The summed E-state index contributed by atoms with van der Waals surface area (Å²) in [6, 6.07) is 5.70. The van der Waals surface area contributed by atoms with Crippen molar-refractivity contribution in [2.75, 3.05) is 0 Å². The lowest BCUT2D eigenvalue weighted by Gasteiger charge is -2.14. The average Bonchev–Trinajstić information content (AvgIpc) is 2.79. The Balaban J connectivity index is 2.43. The Hall–Kier alpha value is -0.720. The maximum Gasteiger partial charge on any atom is 0.0800 e. The highest BCUT2D eigenvalue weighted by Crippen LogP contribution is 2.29. The summed E-state index contributed by atoms with van der Waals surface area (Å²) in [7, 11) is 0. The number of nitrogens with two attached hydrogens (primary N) is 1. The van der Waals surface area contributed by atoms with Crippen molar-refractivity contribution in [1.29, 1.82) is 0 Å². The van der Waals surface area contributed by atoms with E-state index in [2.05, 4.69) is 42.2 Å². The van der Waals surface area contributed by atoms with E-state index in [1.165, 1.54) is 0 Å². The predicted octanol–water partition coefficient (Wildman–Crippen LogP) is 2.87. The number of benzene rings is 1. The molecule has 0 saturated carbocycles. The molecule has 4 nitrogen and oxygen atoms in total. The van der Waals surface area contributed by atoms with Crippen molar-refractivity contribution in [3.63, 3.8) is 0 Å². The summed E-state index contributed by atoms with van der Waals surface area (Å²) in [5.41, 5.74) is 8.17. The highest BCUT2D eigenvalue weighted by atomic mass is 79.9. The third-order valence-electron chi connectivity index (χ3n) is 2.56. The van der Waals surface area contributed by atoms with E-state index in [1.54, 1.807) is 10.9 Å². The van der Waals surface area contributed by atoms with Crippen molar-refractivity contribution in [3.8, 4) is 0 Å². The molecule has 1 heterocycles. The number of halogens is 2. The van der Waals surface area contributed by atoms with Crippen LogP contribution in [-0.2, 0) is 6.54 Å². The molecule has 90 valence electrons. The second-order valence-corrected chi connectivity index (χ2v) is 5.39. The van der Waals surface area contributed by atoms with E-state index in [9.17, 15) is 0 Å². The molecular formula is C11H12Br2N4. The van der Waals surface area contributed by atoms with Gasteiger partial charge in [0.15, 0.2) is 0 Å². The maximum absolute atomic E-state index is 6.26. The Labute approximate surface area is 116 Å². The van der Waals surface area contributed by atoms with Crippen LogP contribution in [0, 0.1) is 0 Å². The topological polar surface area (TPSA) is 56.7 Å². The fourth-order valence-electron chi connectivity index (χ4n) is 1.66. The molecule has 2 aromatic rings. The SMILES string of the molecule is CCn1nncc1C(N)c1cc(Br)ccc1Br. The van der Waals surface area contributed by atoms with Crippen LogP contribution in [0.3, 0.4) is 0 Å². The number of aryl methyl sites for hydroxylation is 1. The number of aromatic nitrogens is 3. The molecule has 0 saturated heterocycles. The van der Waals surface area contributed by atoms with Crippen LogP contribution in [0.25, 0.3) is 0 Å². The van der Waals surface area contributed by atoms with Gasteiger partial charge in [-0.15, -0.1) is 5.10 Å². The van der Waals surface area contributed by atoms with E-state index in [0.29, 0.717) is 0 Å². The normalized spacial score (nSPS) is 12.7. The Morgan fingerprint density at radius 3 is 2.88 bits per heavy atom. The largest absolute Gasteiger partial charge is 0.319 e. The highest BCUT2D eigenvalue weighted by Gasteiger charge is 2.17. The van der Waals surface area contributed by atoms with Crippen molar-refractivity contribution in [1.82, 2.24) is 15.0 Å². The first-order valence-electron chi connectivity index (χ1n) is 5.22.